The molecule has 0 atom stereocenters. The number of piperidine rings is 1. The van der Waals surface area contributed by atoms with Crippen LogP contribution >= 0.6 is 0 Å². The first-order chi connectivity index (χ1) is 14.9. The van der Waals surface area contributed by atoms with Crippen molar-refractivity contribution in [3.05, 3.63) is 35.4 Å². The average Bonchev–Trinajstić information content (AvgIpc) is 2.77. The van der Waals surface area contributed by atoms with E-state index in [4.69, 9.17) is 4.74 Å². The van der Waals surface area contributed by atoms with Crippen molar-refractivity contribution in [2.45, 2.75) is 77.3 Å². The largest absolute Gasteiger partial charge is 0.464 e. The van der Waals surface area contributed by atoms with Gasteiger partial charge in [-0.25, -0.2) is 0 Å². The molecule has 0 unspecified atom stereocenters. The summed E-state index contributed by atoms with van der Waals surface area (Å²) in [4.78, 5) is 29.5. The Morgan fingerprint density at radius 3 is 2.45 bits per heavy atom. The number of nitrogens with zero attached hydrogens (tertiary/aromatic N) is 2. The molecular weight excluding hydrogens is 388 g/mol. The van der Waals surface area contributed by atoms with Gasteiger partial charge in [-0.2, -0.15) is 0 Å². The first kappa shape index (κ1) is 22.3. The topological polar surface area (TPSA) is 49.9 Å². The third-order valence-corrected chi connectivity index (χ3v) is 8.11. The molecule has 1 amide bonds. The summed E-state index contributed by atoms with van der Waals surface area (Å²) < 4.78 is 5.14. The van der Waals surface area contributed by atoms with Crippen LogP contribution < -0.4 is 0 Å². The Hall–Kier alpha value is -1.88. The molecule has 2 heterocycles. The number of fused-ring (bicyclic) bond motifs is 2. The molecule has 0 N–H and O–H groups in total. The van der Waals surface area contributed by atoms with Gasteiger partial charge in [-0.15, -0.1) is 0 Å². The molecule has 170 valence electrons. The lowest BCUT2D eigenvalue weighted by Gasteiger charge is -2.49. The van der Waals surface area contributed by atoms with E-state index in [1.807, 2.05) is 4.90 Å². The zero-order valence-corrected chi connectivity index (χ0v) is 19.4. The number of likely N-dealkylation sites (tertiary alicyclic amines) is 1. The molecule has 1 aromatic carbocycles. The maximum atomic E-state index is 13.7. The summed E-state index contributed by atoms with van der Waals surface area (Å²) in [6.07, 6.45) is 7.06. The van der Waals surface area contributed by atoms with E-state index in [9.17, 15) is 9.59 Å². The van der Waals surface area contributed by atoms with Crippen molar-refractivity contribution in [1.82, 2.24) is 9.80 Å². The lowest BCUT2D eigenvalue weighted by atomic mass is 9.67. The molecule has 1 spiro atoms. The second kappa shape index (κ2) is 9.32. The van der Waals surface area contributed by atoms with E-state index >= 15 is 0 Å². The quantitative estimate of drug-likeness (QED) is 0.664. The zero-order valence-electron chi connectivity index (χ0n) is 19.4. The highest BCUT2D eigenvalue weighted by Gasteiger charge is 2.49. The SMILES string of the molecule is CC(=O)OCCN1Cc2ccccc2C2(CCN(C3CCC(C(C)C)CC3)CC2)C1=O. The van der Waals surface area contributed by atoms with Gasteiger partial charge in [-0.1, -0.05) is 38.1 Å². The van der Waals surface area contributed by atoms with Crippen LogP contribution in [0.3, 0.4) is 0 Å². The molecule has 4 rings (SSSR count). The number of hydrogen-bond acceptors (Lipinski definition) is 4. The van der Waals surface area contributed by atoms with Gasteiger partial charge in [0.2, 0.25) is 5.91 Å². The summed E-state index contributed by atoms with van der Waals surface area (Å²) in [7, 11) is 0. The van der Waals surface area contributed by atoms with Gasteiger partial charge in [0.05, 0.1) is 12.0 Å². The van der Waals surface area contributed by atoms with E-state index in [-0.39, 0.29) is 18.5 Å². The van der Waals surface area contributed by atoms with Crippen molar-refractivity contribution in [3.8, 4) is 0 Å². The van der Waals surface area contributed by atoms with Gasteiger partial charge < -0.3 is 14.5 Å². The predicted octanol–water partition coefficient (Wildman–Crippen LogP) is 4.14. The zero-order chi connectivity index (χ0) is 22.0. The van der Waals surface area contributed by atoms with E-state index in [1.165, 1.54) is 43.7 Å². The van der Waals surface area contributed by atoms with Crippen LogP contribution in [0.2, 0.25) is 0 Å². The number of amides is 1. The molecule has 31 heavy (non-hydrogen) atoms. The molecular formula is C26H38N2O3. The third-order valence-electron chi connectivity index (χ3n) is 8.11. The number of benzene rings is 1. The van der Waals surface area contributed by atoms with Crippen LogP contribution in [0.15, 0.2) is 24.3 Å². The second-order valence-electron chi connectivity index (χ2n) is 10.2. The summed E-state index contributed by atoms with van der Waals surface area (Å²) in [5, 5.41) is 0. The minimum atomic E-state index is -0.420. The van der Waals surface area contributed by atoms with E-state index in [0.717, 1.165) is 37.8 Å². The Bertz CT molecular complexity index is 790. The van der Waals surface area contributed by atoms with Crippen LogP contribution in [0.25, 0.3) is 0 Å². The summed E-state index contributed by atoms with van der Waals surface area (Å²) in [5.41, 5.74) is 2.05. The fraction of sp³-hybridized carbons (Fsp3) is 0.692. The van der Waals surface area contributed by atoms with Gasteiger partial charge >= 0.3 is 5.97 Å². The number of esters is 1. The fourth-order valence-corrected chi connectivity index (χ4v) is 6.19. The number of rotatable bonds is 5. The van der Waals surface area contributed by atoms with E-state index < -0.39 is 5.41 Å². The normalized spacial score (nSPS) is 26.2. The van der Waals surface area contributed by atoms with Crippen molar-refractivity contribution >= 4 is 11.9 Å². The number of carbonyl (C=O) groups excluding carboxylic acids is 2. The molecule has 5 heteroatoms. The minimum absolute atomic E-state index is 0.224. The summed E-state index contributed by atoms with van der Waals surface area (Å²) in [5.74, 6) is 1.60. The average molecular weight is 427 g/mol. The molecule has 1 aliphatic carbocycles. The molecule has 1 aromatic rings. The second-order valence-corrected chi connectivity index (χ2v) is 10.2. The number of hydrogen-bond donors (Lipinski definition) is 0. The number of carbonyl (C=O) groups is 2. The molecule has 0 aromatic heterocycles. The van der Waals surface area contributed by atoms with Gasteiger partial charge in [-0.3, -0.25) is 9.59 Å². The van der Waals surface area contributed by atoms with Crippen LogP contribution in [0, 0.1) is 11.8 Å². The molecule has 3 aliphatic rings. The van der Waals surface area contributed by atoms with E-state index in [0.29, 0.717) is 19.1 Å². The molecule has 5 nitrogen and oxygen atoms in total. The van der Waals surface area contributed by atoms with Crippen LogP contribution in [0.1, 0.15) is 70.4 Å². The first-order valence-electron chi connectivity index (χ1n) is 12.2. The van der Waals surface area contributed by atoms with E-state index in [1.54, 1.807) is 0 Å². The van der Waals surface area contributed by atoms with Crippen molar-refractivity contribution < 1.29 is 14.3 Å². The maximum absolute atomic E-state index is 13.7. The molecule has 2 fully saturated rings. The molecule has 2 aliphatic heterocycles. The highest BCUT2D eigenvalue weighted by atomic mass is 16.5. The van der Waals surface area contributed by atoms with Crippen molar-refractivity contribution in [2.75, 3.05) is 26.2 Å². The standard InChI is InChI=1S/C26H38N2O3/c1-19(2)21-8-10-23(11-9-21)27-14-12-26(13-15-27)24-7-5-4-6-22(24)18-28(25(26)30)16-17-31-20(3)29/h4-7,19,21,23H,8-18H2,1-3H3. The highest BCUT2D eigenvalue weighted by Crippen LogP contribution is 2.44. The van der Waals surface area contributed by atoms with Gasteiger partial charge in [0, 0.05) is 19.5 Å². The summed E-state index contributed by atoms with van der Waals surface area (Å²) >= 11 is 0. The number of ether oxygens (including phenoxy) is 1. The van der Waals surface area contributed by atoms with Crippen LogP contribution in [-0.4, -0.2) is 54.0 Å². The van der Waals surface area contributed by atoms with Gasteiger partial charge in [0.1, 0.15) is 6.61 Å². The minimum Gasteiger partial charge on any atom is -0.464 e. The molecule has 1 saturated carbocycles. The van der Waals surface area contributed by atoms with Crippen molar-refractivity contribution in [1.29, 1.82) is 0 Å². The predicted molar refractivity (Wildman–Crippen MR) is 122 cm³/mol. The molecule has 0 bridgehead atoms. The highest BCUT2D eigenvalue weighted by molar-refractivity contribution is 5.90. The Labute approximate surface area is 187 Å². The van der Waals surface area contributed by atoms with Gasteiger partial charge in [0.25, 0.3) is 0 Å². The molecule has 1 saturated heterocycles. The lowest BCUT2D eigenvalue weighted by molar-refractivity contribution is -0.147. The molecule has 0 radical (unpaired) electrons. The Kier molecular flexibility index (Phi) is 6.71. The van der Waals surface area contributed by atoms with Crippen molar-refractivity contribution in [2.24, 2.45) is 11.8 Å². The smallest absolute Gasteiger partial charge is 0.302 e. The van der Waals surface area contributed by atoms with Crippen LogP contribution in [-0.2, 0) is 26.3 Å². The van der Waals surface area contributed by atoms with Crippen molar-refractivity contribution in [3.63, 3.8) is 0 Å². The first-order valence-corrected chi connectivity index (χ1v) is 12.2. The Morgan fingerprint density at radius 1 is 1.13 bits per heavy atom. The summed E-state index contributed by atoms with van der Waals surface area (Å²) in [6, 6.07) is 9.14. The monoisotopic (exact) mass is 426 g/mol. The van der Waals surface area contributed by atoms with Gasteiger partial charge in [-0.05, 0) is 74.6 Å². The fourth-order valence-electron chi connectivity index (χ4n) is 6.19. The Balaban J connectivity index is 1.46. The lowest BCUT2D eigenvalue weighted by Crippen LogP contribution is -2.57. The van der Waals surface area contributed by atoms with Crippen LogP contribution in [0.5, 0.6) is 0 Å². The van der Waals surface area contributed by atoms with Gasteiger partial charge in [0.15, 0.2) is 0 Å². The Morgan fingerprint density at radius 2 is 1.81 bits per heavy atom. The maximum Gasteiger partial charge on any atom is 0.302 e. The van der Waals surface area contributed by atoms with E-state index in [2.05, 4.69) is 43.0 Å². The van der Waals surface area contributed by atoms with Crippen LogP contribution in [0.4, 0.5) is 0 Å². The third kappa shape index (κ3) is 4.52. The summed E-state index contributed by atoms with van der Waals surface area (Å²) in [6.45, 7) is 9.47.